The number of fused-ring (bicyclic) bond motifs is 1. The predicted molar refractivity (Wildman–Crippen MR) is 60.1 cm³/mol. The monoisotopic (exact) mass is 223 g/mol. The summed E-state index contributed by atoms with van der Waals surface area (Å²) in [7, 11) is 0. The second kappa shape index (κ2) is 4.16. The van der Waals surface area contributed by atoms with Gasteiger partial charge in [0.1, 0.15) is 6.04 Å². The Morgan fingerprint density at radius 1 is 1.73 bits per heavy atom. The van der Waals surface area contributed by atoms with Gasteiger partial charge in [-0.15, -0.1) is 17.9 Å². The van der Waals surface area contributed by atoms with Gasteiger partial charge in [-0.1, -0.05) is 6.08 Å². The van der Waals surface area contributed by atoms with Crippen LogP contribution in [0.2, 0.25) is 0 Å². The van der Waals surface area contributed by atoms with Gasteiger partial charge in [0.05, 0.1) is 0 Å². The van der Waals surface area contributed by atoms with Crippen LogP contribution in [0, 0.1) is 0 Å². The quantitative estimate of drug-likeness (QED) is 0.794. The van der Waals surface area contributed by atoms with E-state index in [-0.39, 0.29) is 0 Å². The van der Waals surface area contributed by atoms with Crippen LogP contribution < -0.4 is 0 Å². The van der Waals surface area contributed by atoms with Gasteiger partial charge in [-0.25, -0.2) is 0 Å². The van der Waals surface area contributed by atoms with Gasteiger partial charge in [0.15, 0.2) is 0 Å². The van der Waals surface area contributed by atoms with E-state index in [1.54, 1.807) is 11.3 Å². The van der Waals surface area contributed by atoms with Crippen LogP contribution >= 0.6 is 11.3 Å². The highest BCUT2D eigenvalue weighted by atomic mass is 32.1. The van der Waals surface area contributed by atoms with Gasteiger partial charge in [0, 0.05) is 18.0 Å². The minimum atomic E-state index is -0.816. The Hall–Kier alpha value is -1.13. The summed E-state index contributed by atoms with van der Waals surface area (Å²) in [6.45, 7) is 5.11. The van der Waals surface area contributed by atoms with E-state index in [2.05, 4.69) is 18.0 Å². The lowest BCUT2D eigenvalue weighted by molar-refractivity contribution is -0.141. The second-order valence-electron chi connectivity index (χ2n) is 3.61. The molecule has 2 heterocycles. The molecule has 3 nitrogen and oxygen atoms in total. The van der Waals surface area contributed by atoms with Gasteiger partial charge in [-0.2, -0.15) is 0 Å². The topological polar surface area (TPSA) is 40.5 Å². The van der Waals surface area contributed by atoms with Gasteiger partial charge >= 0.3 is 5.97 Å². The SMILES string of the molecule is C=CC(C(=O)O)N1CCc2sccc2C1. The van der Waals surface area contributed by atoms with Gasteiger partial charge in [0.2, 0.25) is 0 Å². The van der Waals surface area contributed by atoms with E-state index in [4.69, 9.17) is 5.11 Å². The van der Waals surface area contributed by atoms with Gasteiger partial charge in [-0.3, -0.25) is 9.69 Å². The van der Waals surface area contributed by atoms with Crippen LogP contribution in [0.3, 0.4) is 0 Å². The molecule has 80 valence electrons. The number of hydrogen-bond donors (Lipinski definition) is 1. The molecule has 0 aromatic carbocycles. The molecular formula is C11H13NO2S. The van der Waals surface area contributed by atoms with Crippen LogP contribution in [-0.2, 0) is 17.8 Å². The third kappa shape index (κ3) is 1.96. The summed E-state index contributed by atoms with van der Waals surface area (Å²) in [5.74, 6) is -0.816. The van der Waals surface area contributed by atoms with Crippen LogP contribution in [0.25, 0.3) is 0 Å². The number of carboxylic acid groups (broad SMARTS) is 1. The predicted octanol–water partition coefficient (Wildman–Crippen LogP) is 1.75. The summed E-state index contributed by atoms with van der Waals surface area (Å²) in [5, 5.41) is 11.1. The lowest BCUT2D eigenvalue weighted by Gasteiger charge is -2.30. The summed E-state index contributed by atoms with van der Waals surface area (Å²) in [6, 6.07) is 1.52. The molecular weight excluding hydrogens is 210 g/mol. The number of carboxylic acids is 1. The minimum absolute atomic E-state index is 0.557. The van der Waals surface area contributed by atoms with Gasteiger partial charge in [-0.05, 0) is 23.4 Å². The van der Waals surface area contributed by atoms with Crippen molar-refractivity contribution in [2.75, 3.05) is 6.54 Å². The summed E-state index contributed by atoms with van der Waals surface area (Å²) in [5.41, 5.74) is 1.26. The van der Waals surface area contributed by atoms with Crippen LogP contribution in [0.5, 0.6) is 0 Å². The molecule has 1 aromatic heterocycles. The van der Waals surface area contributed by atoms with Crippen molar-refractivity contribution in [3.8, 4) is 0 Å². The van der Waals surface area contributed by atoms with Crippen molar-refractivity contribution < 1.29 is 9.90 Å². The number of aliphatic carboxylic acids is 1. The van der Waals surface area contributed by atoms with Crippen LogP contribution in [0.1, 0.15) is 10.4 Å². The number of rotatable bonds is 3. The smallest absolute Gasteiger partial charge is 0.324 e. The lowest BCUT2D eigenvalue weighted by atomic mass is 10.1. The van der Waals surface area contributed by atoms with E-state index in [1.165, 1.54) is 16.5 Å². The highest BCUT2D eigenvalue weighted by Gasteiger charge is 2.26. The summed E-state index contributed by atoms with van der Waals surface area (Å²) < 4.78 is 0. The molecule has 2 rings (SSSR count). The lowest BCUT2D eigenvalue weighted by Crippen LogP contribution is -2.42. The molecule has 1 N–H and O–H groups in total. The van der Waals surface area contributed by atoms with Gasteiger partial charge < -0.3 is 5.11 Å². The van der Waals surface area contributed by atoms with Crippen molar-refractivity contribution in [2.45, 2.75) is 19.0 Å². The Morgan fingerprint density at radius 2 is 2.53 bits per heavy atom. The van der Waals surface area contributed by atoms with E-state index in [0.717, 1.165) is 19.5 Å². The first kappa shape index (κ1) is 10.4. The van der Waals surface area contributed by atoms with E-state index >= 15 is 0 Å². The molecule has 1 atom stereocenters. The van der Waals surface area contributed by atoms with E-state index in [0.29, 0.717) is 0 Å². The fraction of sp³-hybridized carbons (Fsp3) is 0.364. The summed E-state index contributed by atoms with van der Waals surface area (Å²) in [6.07, 6.45) is 2.45. The Balaban J connectivity index is 2.15. The van der Waals surface area contributed by atoms with Gasteiger partial charge in [0.25, 0.3) is 0 Å². The average molecular weight is 223 g/mol. The molecule has 0 bridgehead atoms. The zero-order valence-electron chi connectivity index (χ0n) is 8.35. The zero-order valence-corrected chi connectivity index (χ0v) is 9.17. The minimum Gasteiger partial charge on any atom is -0.480 e. The highest BCUT2D eigenvalue weighted by molar-refractivity contribution is 7.10. The molecule has 0 saturated carbocycles. The molecule has 0 radical (unpaired) electrons. The van der Waals surface area contributed by atoms with Crippen molar-refractivity contribution in [1.29, 1.82) is 0 Å². The van der Waals surface area contributed by atoms with E-state index < -0.39 is 12.0 Å². The van der Waals surface area contributed by atoms with Crippen LogP contribution in [0.15, 0.2) is 24.1 Å². The maximum Gasteiger partial charge on any atom is 0.324 e. The number of thiophene rings is 1. The fourth-order valence-corrected chi connectivity index (χ4v) is 2.80. The van der Waals surface area contributed by atoms with E-state index in [9.17, 15) is 4.79 Å². The zero-order chi connectivity index (χ0) is 10.8. The molecule has 15 heavy (non-hydrogen) atoms. The van der Waals surface area contributed by atoms with Crippen molar-refractivity contribution in [1.82, 2.24) is 4.90 Å². The van der Waals surface area contributed by atoms with Crippen LogP contribution in [-0.4, -0.2) is 28.6 Å². The van der Waals surface area contributed by atoms with E-state index in [1.807, 2.05) is 4.90 Å². The van der Waals surface area contributed by atoms with Crippen molar-refractivity contribution in [3.05, 3.63) is 34.5 Å². The molecule has 4 heteroatoms. The summed E-state index contributed by atoms with van der Waals surface area (Å²) >= 11 is 1.76. The normalized spacial score (nSPS) is 18.1. The number of nitrogens with zero attached hydrogens (tertiary/aromatic N) is 1. The highest BCUT2D eigenvalue weighted by Crippen LogP contribution is 2.25. The molecule has 1 unspecified atom stereocenters. The first-order valence-electron chi connectivity index (χ1n) is 4.87. The first-order valence-corrected chi connectivity index (χ1v) is 5.75. The number of carbonyl (C=O) groups is 1. The Morgan fingerprint density at radius 3 is 3.20 bits per heavy atom. The third-order valence-corrected chi connectivity index (χ3v) is 3.73. The molecule has 1 aliphatic rings. The van der Waals surface area contributed by atoms with Crippen molar-refractivity contribution >= 4 is 17.3 Å². The van der Waals surface area contributed by atoms with Crippen LogP contribution in [0.4, 0.5) is 0 Å². The average Bonchev–Trinajstić information content (AvgIpc) is 2.65. The Labute approximate surface area is 92.6 Å². The molecule has 0 fully saturated rings. The molecule has 1 aromatic rings. The van der Waals surface area contributed by atoms with Crippen molar-refractivity contribution in [3.63, 3.8) is 0 Å². The molecule has 0 aliphatic carbocycles. The number of hydrogen-bond acceptors (Lipinski definition) is 3. The summed E-state index contributed by atoms with van der Waals surface area (Å²) in [4.78, 5) is 14.3. The maximum atomic E-state index is 11.0. The largest absolute Gasteiger partial charge is 0.480 e. The molecule has 1 aliphatic heterocycles. The molecule has 0 saturated heterocycles. The maximum absolute atomic E-state index is 11.0. The third-order valence-electron chi connectivity index (χ3n) is 2.71. The Bertz CT molecular complexity index is 386. The molecule has 0 spiro atoms. The second-order valence-corrected chi connectivity index (χ2v) is 4.61. The van der Waals surface area contributed by atoms with Crippen molar-refractivity contribution in [2.24, 2.45) is 0 Å². The first-order chi connectivity index (χ1) is 7.22. The fourth-order valence-electron chi connectivity index (χ4n) is 1.91. The Kier molecular flexibility index (Phi) is 2.88. The molecule has 0 amide bonds. The standard InChI is InChI=1S/C11H13NO2S/c1-2-9(11(13)14)12-5-3-10-8(7-12)4-6-15-10/h2,4,6,9H,1,3,5,7H2,(H,13,14).